The molecule has 1 aliphatic carbocycles. The molecule has 0 saturated heterocycles. The first kappa shape index (κ1) is 23.9. The highest BCUT2D eigenvalue weighted by molar-refractivity contribution is 14.2. The number of anilines is 1. The number of rotatable bonds is 4. The number of hydrogen-bond donors (Lipinski definition) is 0. The van der Waals surface area contributed by atoms with Gasteiger partial charge in [-0.3, -0.25) is 4.79 Å². The van der Waals surface area contributed by atoms with Gasteiger partial charge in [-0.15, -0.1) is 0 Å². The third kappa shape index (κ3) is 3.99. The fourth-order valence-electron chi connectivity index (χ4n) is 4.60. The molecule has 5 rings (SSSR count). The standard InChI is InChI=1S/C21H16ClF4IN5OP/c22-17-16(8-30-32(34-27)19(17)33)31-6-3-12-15(9-31)28-10-29-18(12)20(4-5-20)13-2-1-11(23)7-14(13)21(24,25)26/h1-2,7-8,10,34H,3-6,9H2. The second-order valence-corrected chi connectivity index (χ2v) is 10.7. The van der Waals surface area contributed by atoms with Crippen molar-refractivity contribution in [2.75, 3.05) is 11.4 Å². The van der Waals surface area contributed by atoms with E-state index >= 15 is 0 Å². The number of fused-ring (bicyclic) bond motifs is 1. The maximum atomic E-state index is 13.8. The van der Waals surface area contributed by atoms with E-state index in [1.54, 1.807) is 6.20 Å². The van der Waals surface area contributed by atoms with E-state index in [1.807, 2.05) is 26.9 Å². The monoisotopic (exact) mass is 623 g/mol. The molecule has 1 atom stereocenters. The van der Waals surface area contributed by atoms with Crippen molar-refractivity contribution in [2.24, 2.45) is 0 Å². The number of halogens is 6. The van der Waals surface area contributed by atoms with Crippen LogP contribution in [0.3, 0.4) is 0 Å². The van der Waals surface area contributed by atoms with Crippen LogP contribution in [0.15, 0.2) is 35.5 Å². The van der Waals surface area contributed by atoms with Gasteiger partial charge in [-0.05, 0) is 64.6 Å². The van der Waals surface area contributed by atoms with Crippen LogP contribution in [0, 0.1) is 5.82 Å². The number of hydrogen-bond acceptors (Lipinski definition) is 5. The molecule has 1 saturated carbocycles. The highest BCUT2D eigenvalue weighted by Gasteiger charge is 2.53. The topological polar surface area (TPSA) is 63.9 Å². The Morgan fingerprint density at radius 3 is 2.65 bits per heavy atom. The molecule has 1 fully saturated rings. The summed E-state index contributed by atoms with van der Waals surface area (Å²) in [6, 6.07) is 2.84. The van der Waals surface area contributed by atoms with E-state index in [-0.39, 0.29) is 22.5 Å². The summed E-state index contributed by atoms with van der Waals surface area (Å²) >= 11 is 8.36. The van der Waals surface area contributed by atoms with Crippen molar-refractivity contribution in [3.63, 3.8) is 0 Å². The first-order chi connectivity index (χ1) is 16.2. The molecular formula is C21H16ClF4IN5OP. The highest BCUT2D eigenvalue weighted by Crippen LogP contribution is 2.57. The summed E-state index contributed by atoms with van der Waals surface area (Å²) in [5, 5.41) is 4.21. The Morgan fingerprint density at radius 1 is 1.21 bits per heavy atom. The summed E-state index contributed by atoms with van der Waals surface area (Å²) in [5.74, 6) is -0.928. The fourth-order valence-corrected chi connectivity index (χ4v) is 6.24. The summed E-state index contributed by atoms with van der Waals surface area (Å²) in [6.45, 7) is 0.782. The number of aromatic nitrogens is 4. The van der Waals surface area contributed by atoms with E-state index in [0.29, 0.717) is 55.5 Å². The molecule has 2 aliphatic rings. The van der Waals surface area contributed by atoms with Crippen molar-refractivity contribution in [2.45, 2.75) is 37.4 Å². The van der Waals surface area contributed by atoms with Crippen molar-refractivity contribution in [1.29, 1.82) is 0 Å². The van der Waals surface area contributed by atoms with Gasteiger partial charge in [0.2, 0.25) is 0 Å². The molecular weight excluding hydrogens is 608 g/mol. The molecule has 1 aromatic carbocycles. The van der Waals surface area contributed by atoms with Gasteiger partial charge in [-0.2, -0.15) is 18.3 Å². The average molecular weight is 624 g/mol. The minimum atomic E-state index is -4.68. The molecule has 0 N–H and O–H groups in total. The number of alkyl halides is 3. The van der Waals surface area contributed by atoms with Gasteiger partial charge < -0.3 is 4.90 Å². The molecule has 3 heterocycles. The largest absolute Gasteiger partial charge is 0.416 e. The van der Waals surface area contributed by atoms with E-state index in [1.165, 1.54) is 16.8 Å². The van der Waals surface area contributed by atoms with Crippen LogP contribution < -0.4 is 10.5 Å². The summed E-state index contributed by atoms with van der Waals surface area (Å²) in [7, 11) is 0. The Hall–Kier alpha value is -1.85. The molecule has 178 valence electrons. The lowest BCUT2D eigenvalue weighted by Crippen LogP contribution is -2.35. The van der Waals surface area contributed by atoms with Gasteiger partial charge >= 0.3 is 6.18 Å². The second kappa shape index (κ2) is 8.67. The smallest absolute Gasteiger partial charge is 0.363 e. The third-order valence-electron chi connectivity index (χ3n) is 6.33. The fraction of sp³-hybridized carbons (Fsp3) is 0.333. The van der Waals surface area contributed by atoms with E-state index < -0.39 is 23.0 Å². The van der Waals surface area contributed by atoms with Crippen LogP contribution in [-0.2, 0) is 24.6 Å². The lowest BCUT2D eigenvalue weighted by atomic mass is 9.84. The number of benzene rings is 1. The molecule has 34 heavy (non-hydrogen) atoms. The van der Waals surface area contributed by atoms with Gasteiger partial charge in [0.05, 0.1) is 41.8 Å². The van der Waals surface area contributed by atoms with Crippen LogP contribution in [0.5, 0.6) is 0 Å². The molecule has 0 spiro atoms. The van der Waals surface area contributed by atoms with Crippen LogP contribution in [0.1, 0.15) is 40.9 Å². The van der Waals surface area contributed by atoms with Crippen LogP contribution in [0.2, 0.25) is 5.02 Å². The normalized spacial score (nSPS) is 17.3. The van der Waals surface area contributed by atoms with Gasteiger partial charge in [-0.1, -0.05) is 17.7 Å². The SMILES string of the molecule is O=c1c(Cl)c(N2CCc3c(ncnc3C3(c4ccc(F)cc4C(F)(F)F)CC3)C2)cnn1PI. The highest BCUT2D eigenvalue weighted by atomic mass is 127. The lowest BCUT2D eigenvalue weighted by Gasteiger charge is -2.32. The minimum Gasteiger partial charge on any atom is -0.363 e. The van der Waals surface area contributed by atoms with Gasteiger partial charge in [-0.25, -0.2) is 18.8 Å². The van der Waals surface area contributed by atoms with Crippen molar-refractivity contribution < 1.29 is 17.6 Å². The molecule has 0 bridgehead atoms. The van der Waals surface area contributed by atoms with Crippen molar-refractivity contribution >= 4 is 45.7 Å². The zero-order chi connectivity index (χ0) is 24.3. The Kier molecular flexibility index (Phi) is 6.09. The molecule has 3 aromatic rings. The van der Waals surface area contributed by atoms with Gasteiger partial charge in [0.25, 0.3) is 5.56 Å². The van der Waals surface area contributed by atoms with E-state index in [4.69, 9.17) is 11.6 Å². The van der Waals surface area contributed by atoms with E-state index in [9.17, 15) is 22.4 Å². The van der Waals surface area contributed by atoms with Gasteiger partial charge in [0, 0.05) is 12.0 Å². The summed E-state index contributed by atoms with van der Waals surface area (Å²) < 4.78 is 56.2. The zero-order valence-corrected chi connectivity index (χ0v) is 21.2. The average Bonchev–Trinajstić information content (AvgIpc) is 3.61. The second-order valence-electron chi connectivity index (χ2n) is 8.23. The predicted molar refractivity (Wildman–Crippen MR) is 129 cm³/mol. The zero-order valence-electron chi connectivity index (χ0n) is 17.3. The summed E-state index contributed by atoms with van der Waals surface area (Å²) in [5.41, 5.74) is 0.268. The summed E-state index contributed by atoms with van der Waals surface area (Å²) in [6.07, 6.45) is -0.240. The van der Waals surface area contributed by atoms with Crippen LogP contribution in [0.4, 0.5) is 23.2 Å². The molecule has 1 aliphatic heterocycles. The Bertz CT molecular complexity index is 1350. The number of nitrogens with zero attached hydrogens (tertiary/aromatic N) is 5. The first-order valence-corrected chi connectivity index (χ1v) is 14.7. The van der Waals surface area contributed by atoms with Crippen LogP contribution in [-0.4, -0.2) is 26.1 Å². The van der Waals surface area contributed by atoms with E-state index in [0.717, 1.165) is 11.6 Å². The van der Waals surface area contributed by atoms with Crippen molar-refractivity contribution in [3.05, 3.63) is 80.0 Å². The maximum absolute atomic E-state index is 13.8. The maximum Gasteiger partial charge on any atom is 0.416 e. The molecule has 0 amide bonds. The quantitative estimate of drug-likeness (QED) is 0.225. The van der Waals surface area contributed by atoms with Crippen LogP contribution in [0.25, 0.3) is 0 Å². The van der Waals surface area contributed by atoms with Crippen molar-refractivity contribution in [1.82, 2.24) is 19.5 Å². The Morgan fingerprint density at radius 2 is 1.97 bits per heavy atom. The molecule has 1 unspecified atom stereocenters. The third-order valence-corrected chi connectivity index (χ3v) is 8.54. The van der Waals surface area contributed by atoms with Gasteiger partial charge in [0.1, 0.15) is 17.2 Å². The Balaban J connectivity index is 1.54. The Labute approximate surface area is 211 Å². The van der Waals surface area contributed by atoms with E-state index in [2.05, 4.69) is 15.1 Å². The molecule has 2 aromatic heterocycles. The molecule has 6 nitrogen and oxygen atoms in total. The van der Waals surface area contributed by atoms with Gasteiger partial charge in [0.15, 0.2) is 0 Å². The van der Waals surface area contributed by atoms with Crippen LogP contribution >= 0.6 is 40.0 Å². The lowest BCUT2D eigenvalue weighted by molar-refractivity contribution is -0.138. The first-order valence-electron chi connectivity index (χ1n) is 10.3. The molecule has 13 heteroatoms. The summed E-state index contributed by atoms with van der Waals surface area (Å²) in [4.78, 5) is 23.1. The molecule has 0 radical (unpaired) electrons. The van der Waals surface area contributed by atoms with Crippen molar-refractivity contribution in [3.8, 4) is 0 Å². The predicted octanol–water partition coefficient (Wildman–Crippen LogP) is 5.28. The minimum absolute atomic E-state index is 0.0419.